The Morgan fingerprint density at radius 1 is 1.62 bits per heavy atom. The molecule has 1 rings (SSSR count). The number of nitrogens with zero attached hydrogens (tertiary/aromatic N) is 2. The molecule has 0 saturated heterocycles. The minimum Gasteiger partial charge on any atom is -0.331 e. The number of amides is 1. The lowest BCUT2D eigenvalue weighted by Crippen LogP contribution is -2.37. The van der Waals surface area contributed by atoms with E-state index in [9.17, 15) is 9.18 Å². The maximum atomic E-state index is 12.9. The van der Waals surface area contributed by atoms with E-state index in [2.05, 4.69) is 11.6 Å². The van der Waals surface area contributed by atoms with Crippen LogP contribution < -0.4 is 0 Å². The number of carbonyl (C=O) groups is 1. The van der Waals surface area contributed by atoms with Gasteiger partial charge in [-0.2, -0.15) is 4.39 Å². The van der Waals surface area contributed by atoms with E-state index in [0.717, 1.165) is 0 Å². The molecule has 0 N–H and O–H groups in total. The molecule has 1 aromatic heterocycles. The first-order valence-electron chi connectivity index (χ1n) is 5.10. The van der Waals surface area contributed by atoms with E-state index < -0.39 is 5.95 Å². The summed E-state index contributed by atoms with van der Waals surface area (Å²) in [5.74, 6) is -0.928. The third kappa shape index (κ3) is 2.89. The molecule has 86 valence electrons. The number of pyridine rings is 1. The van der Waals surface area contributed by atoms with Crippen LogP contribution in [0.1, 0.15) is 24.3 Å². The summed E-state index contributed by atoms with van der Waals surface area (Å²) in [6.07, 6.45) is 1.64. The van der Waals surface area contributed by atoms with Gasteiger partial charge in [-0.15, -0.1) is 6.58 Å². The van der Waals surface area contributed by atoms with Crippen LogP contribution in [0.2, 0.25) is 0 Å². The second kappa shape index (κ2) is 5.39. The van der Waals surface area contributed by atoms with Gasteiger partial charge in [0.05, 0.1) is 0 Å². The number of hydrogen-bond donors (Lipinski definition) is 0. The number of hydrogen-bond acceptors (Lipinski definition) is 2. The van der Waals surface area contributed by atoms with Crippen LogP contribution in [-0.2, 0) is 0 Å². The van der Waals surface area contributed by atoms with Gasteiger partial charge in [0.25, 0.3) is 5.91 Å². The van der Waals surface area contributed by atoms with Gasteiger partial charge in [0.1, 0.15) is 5.69 Å². The number of carbonyl (C=O) groups excluding carboxylic acids is 1. The molecule has 0 spiro atoms. The fraction of sp³-hybridized carbons (Fsp3) is 0.333. The van der Waals surface area contributed by atoms with Gasteiger partial charge >= 0.3 is 0 Å². The van der Waals surface area contributed by atoms with Crippen molar-refractivity contribution >= 4 is 5.91 Å². The van der Waals surface area contributed by atoms with Crippen molar-refractivity contribution in [2.75, 3.05) is 6.54 Å². The molecule has 0 bridgehead atoms. The van der Waals surface area contributed by atoms with Gasteiger partial charge in [0.2, 0.25) is 5.95 Å². The summed E-state index contributed by atoms with van der Waals surface area (Å²) in [7, 11) is 0. The van der Waals surface area contributed by atoms with Crippen LogP contribution in [0.4, 0.5) is 4.39 Å². The maximum Gasteiger partial charge on any atom is 0.273 e. The van der Waals surface area contributed by atoms with Crippen molar-refractivity contribution in [3.8, 4) is 0 Å². The summed E-state index contributed by atoms with van der Waals surface area (Å²) in [4.78, 5) is 17.1. The molecule has 0 unspecified atom stereocenters. The molecule has 0 atom stereocenters. The average molecular weight is 222 g/mol. The van der Waals surface area contributed by atoms with Crippen molar-refractivity contribution in [3.63, 3.8) is 0 Å². The van der Waals surface area contributed by atoms with E-state index in [1.165, 1.54) is 18.2 Å². The standard InChI is InChI=1S/C12H15FN2O/c1-4-8-15(9(2)3)12(16)10-6-5-7-11(13)14-10/h4-7,9H,1,8H2,2-3H3. The molecule has 0 aliphatic carbocycles. The predicted octanol–water partition coefficient (Wildman–Crippen LogP) is 2.26. The van der Waals surface area contributed by atoms with Gasteiger partial charge in [-0.1, -0.05) is 12.1 Å². The van der Waals surface area contributed by atoms with Crippen LogP contribution in [0.15, 0.2) is 30.9 Å². The molecule has 16 heavy (non-hydrogen) atoms. The smallest absolute Gasteiger partial charge is 0.273 e. The lowest BCUT2D eigenvalue weighted by molar-refractivity contribution is 0.0721. The largest absolute Gasteiger partial charge is 0.331 e. The first-order chi connectivity index (χ1) is 7.56. The first-order valence-corrected chi connectivity index (χ1v) is 5.10. The highest BCUT2D eigenvalue weighted by Gasteiger charge is 2.18. The van der Waals surface area contributed by atoms with Crippen molar-refractivity contribution in [1.82, 2.24) is 9.88 Å². The van der Waals surface area contributed by atoms with E-state index in [1.54, 1.807) is 11.0 Å². The molecule has 0 aromatic carbocycles. The summed E-state index contributed by atoms with van der Waals surface area (Å²) in [6, 6.07) is 4.21. The number of aromatic nitrogens is 1. The fourth-order valence-electron chi connectivity index (χ4n) is 1.34. The molecule has 1 heterocycles. The first kappa shape index (κ1) is 12.4. The van der Waals surface area contributed by atoms with E-state index in [-0.39, 0.29) is 17.6 Å². The van der Waals surface area contributed by atoms with E-state index in [1.807, 2.05) is 13.8 Å². The molecule has 0 radical (unpaired) electrons. The molecule has 0 saturated carbocycles. The van der Waals surface area contributed by atoms with Gasteiger partial charge in [-0.05, 0) is 26.0 Å². The van der Waals surface area contributed by atoms with Crippen LogP contribution >= 0.6 is 0 Å². The minimum absolute atomic E-state index is 0.0237. The maximum absolute atomic E-state index is 12.9. The van der Waals surface area contributed by atoms with E-state index >= 15 is 0 Å². The van der Waals surface area contributed by atoms with Crippen LogP contribution in [0.25, 0.3) is 0 Å². The third-order valence-electron chi connectivity index (χ3n) is 2.14. The summed E-state index contributed by atoms with van der Waals surface area (Å²) < 4.78 is 12.9. The fourth-order valence-corrected chi connectivity index (χ4v) is 1.34. The van der Waals surface area contributed by atoms with Crippen molar-refractivity contribution < 1.29 is 9.18 Å². The van der Waals surface area contributed by atoms with Crippen LogP contribution in [0.5, 0.6) is 0 Å². The van der Waals surface area contributed by atoms with Crippen molar-refractivity contribution in [1.29, 1.82) is 0 Å². The summed E-state index contributed by atoms with van der Waals surface area (Å²) >= 11 is 0. The molecule has 0 fully saturated rings. The lowest BCUT2D eigenvalue weighted by atomic mass is 10.2. The van der Waals surface area contributed by atoms with Crippen molar-refractivity contribution in [2.24, 2.45) is 0 Å². The minimum atomic E-state index is -0.645. The second-order valence-electron chi connectivity index (χ2n) is 3.69. The summed E-state index contributed by atoms with van der Waals surface area (Å²) in [5.41, 5.74) is 0.121. The molecule has 1 amide bonds. The van der Waals surface area contributed by atoms with E-state index in [4.69, 9.17) is 0 Å². The topological polar surface area (TPSA) is 33.2 Å². The zero-order valence-corrected chi connectivity index (χ0v) is 9.48. The second-order valence-corrected chi connectivity index (χ2v) is 3.69. The Bertz CT molecular complexity index is 390. The molecule has 3 nitrogen and oxygen atoms in total. The zero-order valence-electron chi connectivity index (χ0n) is 9.48. The SMILES string of the molecule is C=CCN(C(=O)c1cccc(F)n1)C(C)C. The summed E-state index contributed by atoms with van der Waals surface area (Å²) in [5, 5.41) is 0. The monoisotopic (exact) mass is 222 g/mol. The highest BCUT2D eigenvalue weighted by molar-refractivity contribution is 5.92. The van der Waals surface area contributed by atoms with Gasteiger partial charge in [-0.25, -0.2) is 4.98 Å². The van der Waals surface area contributed by atoms with Gasteiger partial charge in [-0.3, -0.25) is 4.79 Å². The van der Waals surface area contributed by atoms with Gasteiger partial charge < -0.3 is 4.90 Å². The molecule has 1 aromatic rings. The lowest BCUT2D eigenvalue weighted by Gasteiger charge is -2.24. The number of halogens is 1. The molecular formula is C12H15FN2O. The van der Waals surface area contributed by atoms with Gasteiger partial charge in [0.15, 0.2) is 0 Å². The van der Waals surface area contributed by atoms with Crippen LogP contribution in [0, 0.1) is 5.95 Å². The van der Waals surface area contributed by atoms with Crippen LogP contribution in [0.3, 0.4) is 0 Å². The van der Waals surface area contributed by atoms with Gasteiger partial charge in [0, 0.05) is 12.6 Å². The van der Waals surface area contributed by atoms with Crippen molar-refractivity contribution in [3.05, 3.63) is 42.5 Å². The highest BCUT2D eigenvalue weighted by Crippen LogP contribution is 2.07. The van der Waals surface area contributed by atoms with E-state index in [0.29, 0.717) is 6.54 Å². The van der Waals surface area contributed by atoms with Crippen molar-refractivity contribution in [2.45, 2.75) is 19.9 Å². The highest BCUT2D eigenvalue weighted by atomic mass is 19.1. The third-order valence-corrected chi connectivity index (χ3v) is 2.14. The zero-order chi connectivity index (χ0) is 12.1. The Kier molecular flexibility index (Phi) is 4.17. The molecule has 0 aliphatic rings. The Hall–Kier alpha value is -1.71. The Labute approximate surface area is 94.6 Å². The Morgan fingerprint density at radius 2 is 2.31 bits per heavy atom. The predicted molar refractivity (Wildman–Crippen MR) is 60.6 cm³/mol. The summed E-state index contributed by atoms with van der Waals surface area (Å²) in [6.45, 7) is 7.79. The Morgan fingerprint density at radius 3 is 2.81 bits per heavy atom. The van der Waals surface area contributed by atoms with Crippen LogP contribution in [-0.4, -0.2) is 28.4 Å². The number of rotatable bonds is 4. The average Bonchev–Trinajstić information content (AvgIpc) is 2.24. The normalized spacial score (nSPS) is 10.2. The Balaban J connectivity index is 2.94. The quantitative estimate of drug-likeness (QED) is 0.578. The molecule has 0 aliphatic heterocycles. The molecule has 4 heteroatoms. The molecular weight excluding hydrogens is 207 g/mol.